The lowest BCUT2D eigenvalue weighted by atomic mass is 9.88. The van der Waals surface area contributed by atoms with E-state index in [0.717, 1.165) is 37.5 Å². The monoisotopic (exact) mass is 290 g/mol. The van der Waals surface area contributed by atoms with Crippen LogP contribution in [0, 0.1) is 19.8 Å². The maximum Gasteiger partial charge on any atom is 0.218 e. The van der Waals surface area contributed by atoms with E-state index in [9.17, 15) is 0 Å². The summed E-state index contributed by atoms with van der Waals surface area (Å²) >= 11 is 0. The topological polar surface area (TPSA) is 34.2 Å². The van der Waals surface area contributed by atoms with E-state index in [2.05, 4.69) is 37.1 Å². The lowest BCUT2D eigenvalue weighted by Crippen LogP contribution is -2.29. The highest BCUT2D eigenvalue weighted by Gasteiger charge is 2.24. The van der Waals surface area contributed by atoms with E-state index in [1.807, 2.05) is 6.92 Å². The van der Waals surface area contributed by atoms with Crippen LogP contribution in [0.3, 0.4) is 0 Å². The van der Waals surface area contributed by atoms with Gasteiger partial charge in [-0.05, 0) is 63.6 Å². The summed E-state index contributed by atoms with van der Waals surface area (Å²) in [5.74, 6) is 1.49. The van der Waals surface area contributed by atoms with Crippen molar-refractivity contribution in [3.63, 3.8) is 0 Å². The molecule has 3 heteroatoms. The number of aromatic nitrogens is 1. The van der Waals surface area contributed by atoms with Crippen LogP contribution < -0.4 is 10.1 Å². The van der Waals surface area contributed by atoms with Crippen LogP contribution in [-0.2, 0) is 6.54 Å². The van der Waals surface area contributed by atoms with Crippen LogP contribution in [0.25, 0.3) is 0 Å². The number of nitrogens with zero attached hydrogens (tertiary/aromatic N) is 1. The molecule has 0 spiro atoms. The van der Waals surface area contributed by atoms with E-state index < -0.39 is 0 Å². The molecule has 118 valence electrons. The molecule has 1 aromatic rings. The molecule has 21 heavy (non-hydrogen) atoms. The van der Waals surface area contributed by atoms with Crippen LogP contribution >= 0.6 is 0 Å². The van der Waals surface area contributed by atoms with Gasteiger partial charge >= 0.3 is 0 Å². The highest BCUT2D eigenvalue weighted by molar-refractivity contribution is 5.36. The third kappa shape index (κ3) is 4.44. The van der Waals surface area contributed by atoms with Crippen molar-refractivity contribution in [2.45, 2.75) is 72.4 Å². The van der Waals surface area contributed by atoms with Crippen molar-refractivity contribution in [2.24, 2.45) is 5.92 Å². The minimum Gasteiger partial charge on any atom is -0.474 e. The van der Waals surface area contributed by atoms with Gasteiger partial charge in [-0.1, -0.05) is 20.3 Å². The molecule has 0 bridgehead atoms. The predicted molar refractivity (Wildman–Crippen MR) is 87.8 cm³/mol. The average molecular weight is 290 g/mol. The molecule has 1 heterocycles. The van der Waals surface area contributed by atoms with Gasteiger partial charge in [0.05, 0.1) is 0 Å². The van der Waals surface area contributed by atoms with Gasteiger partial charge in [0.2, 0.25) is 5.88 Å². The highest BCUT2D eigenvalue weighted by atomic mass is 16.5. The van der Waals surface area contributed by atoms with Crippen LogP contribution in [0.2, 0.25) is 0 Å². The molecule has 3 nitrogen and oxygen atoms in total. The second kappa shape index (κ2) is 7.79. The Morgan fingerprint density at radius 1 is 1.29 bits per heavy atom. The fraction of sp³-hybridized carbons (Fsp3) is 0.722. The Kier molecular flexibility index (Phi) is 6.04. The fourth-order valence-corrected chi connectivity index (χ4v) is 3.13. The van der Waals surface area contributed by atoms with Gasteiger partial charge in [0.25, 0.3) is 0 Å². The Morgan fingerprint density at radius 2 is 2.05 bits per heavy atom. The third-order valence-corrected chi connectivity index (χ3v) is 4.46. The largest absolute Gasteiger partial charge is 0.474 e. The van der Waals surface area contributed by atoms with Crippen molar-refractivity contribution in [2.75, 3.05) is 6.54 Å². The second-order valence-corrected chi connectivity index (χ2v) is 6.46. The number of hydrogen-bond acceptors (Lipinski definition) is 3. The molecular formula is C18H30N2O. The quantitative estimate of drug-likeness (QED) is 0.799. The lowest BCUT2D eigenvalue weighted by molar-refractivity contribution is 0.0960. The molecule has 1 fully saturated rings. The summed E-state index contributed by atoms with van der Waals surface area (Å²) in [4.78, 5) is 4.68. The zero-order valence-electron chi connectivity index (χ0n) is 14.0. The molecule has 0 amide bonds. The first-order valence-electron chi connectivity index (χ1n) is 8.46. The summed E-state index contributed by atoms with van der Waals surface area (Å²) in [5.41, 5.74) is 3.56. The molecule has 2 rings (SSSR count). The summed E-state index contributed by atoms with van der Waals surface area (Å²) in [5, 5.41) is 3.48. The molecule has 1 saturated carbocycles. The van der Waals surface area contributed by atoms with E-state index in [4.69, 9.17) is 4.74 Å². The Morgan fingerprint density at radius 3 is 2.76 bits per heavy atom. The van der Waals surface area contributed by atoms with Crippen LogP contribution in [0.1, 0.15) is 62.8 Å². The van der Waals surface area contributed by atoms with Crippen LogP contribution in [-0.4, -0.2) is 17.6 Å². The molecule has 0 aliphatic heterocycles. The van der Waals surface area contributed by atoms with Crippen molar-refractivity contribution in [3.05, 3.63) is 22.9 Å². The van der Waals surface area contributed by atoms with Gasteiger partial charge in [-0.2, -0.15) is 0 Å². The molecule has 2 unspecified atom stereocenters. The van der Waals surface area contributed by atoms with Crippen molar-refractivity contribution in [1.29, 1.82) is 0 Å². The van der Waals surface area contributed by atoms with Gasteiger partial charge in [0.1, 0.15) is 6.10 Å². The van der Waals surface area contributed by atoms with Gasteiger partial charge in [-0.25, -0.2) is 4.98 Å². The third-order valence-electron chi connectivity index (χ3n) is 4.46. The fourth-order valence-electron chi connectivity index (χ4n) is 3.13. The van der Waals surface area contributed by atoms with Crippen molar-refractivity contribution in [3.8, 4) is 5.88 Å². The maximum absolute atomic E-state index is 6.34. The molecule has 1 aliphatic carbocycles. The number of ether oxygens (including phenoxy) is 1. The zero-order valence-corrected chi connectivity index (χ0v) is 14.0. The predicted octanol–water partition coefficient (Wildman–Crippen LogP) is 4.16. The van der Waals surface area contributed by atoms with Gasteiger partial charge in [0.15, 0.2) is 0 Å². The minimum absolute atomic E-state index is 0.331. The number of aryl methyl sites for hydroxylation is 2. The summed E-state index contributed by atoms with van der Waals surface area (Å²) in [6.07, 6.45) is 6.54. The second-order valence-electron chi connectivity index (χ2n) is 6.46. The molecule has 2 atom stereocenters. The summed E-state index contributed by atoms with van der Waals surface area (Å²) in [7, 11) is 0. The van der Waals surface area contributed by atoms with E-state index in [1.165, 1.54) is 30.4 Å². The molecule has 0 saturated heterocycles. The molecule has 0 radical (unpaired) electrons. The first kappa shape index (κ1) is 16.3. The normalized spacial score (nSPS) is 22.3. The maximum atomic E-state index is 6.34. The van der Waals surface area contributed by atoms with E-state index >= 15 is 0 Å². The highest BCUT2D eigenvalue weighted by Crippen LogP contribution is 2.30. The number of nitrogens with one attached hydrogen (secondary N) is 1. The Labute approximate surface area is 129 Å². The summed E-state index contributed by atoms with van der Waals surface area (Å²) in [6, 6.07) is 2.15. The lowest BCUT2D eigenvalue weighted by Gasteiger charge is -2.30. The van der Waals surface area contributed by atoms with Gasteiger partial charge < -0.3 is 10.1 Å². The van der Waals surface area contributed by atoms with Crippen LogP contribution in [0.15, 0.2) is 6.07 Å². The molecule has 1 N–H and O–H groups in total. The number of rotatable bonds is 6. The van der Waals surface area contributed by atoms with E-state index in [-0.39, 0.29) is 0 Å². The number of hydrogen-bond donors (Lipinski definition) is 1. The smallest absolute Gasteiger partial charge is 0.218 e. The molecule has 0 aromatic carbocycles. The van der Waals surface area contributed by atoms with Gasteiger partial charge in [-0.3, -0.25) is 0 Å². The van der Waals surface area contributed by atoms with E-state index in [0.29, 0.717) is 12.0 Å². The van der Waals surface area contributed by atoms with Crippen LogP contribution in [0.5, 0.6) is 5.88 Å². The number of pyridine rings is 1. The van der Waals surface area contributed by atoms with Crippen molar-refractivity contribution >= 4 is 0 Å². The summed E-state index contributed by atoms with van der Waals surface area (Å²) < 4.78 is 6.34. The summed E-state index contributed by atoms with van der Waals surface area (Å²) in [6.45, 7) is 10.6. The Bertz CT molecular complexity index is 459. The Hall–Kier alpha value is -1.09. The standard InChI is InChI=1S/C18H30N2O/c1-5-10-19-12-16-14(3)11-15(4)20-18(16)21-17-9-7-6-8-13(17)2/h11,13,17,19H,5-10,12H2,1-4H3. The minimum atomic E-state index is 0.331. The molecular weight excluding hydrogens is 260 g/mol. The van der Waals surface area contributed by atoms with Gasteiger partial charge in [-0.15, -0.1) is 0 Å². The van der Waals surface area contributed by atoms with Crippen LogP contribution in [0.4, 0.5) is 0 Å². The first-order chi connectivity index (χ1) is 10.1. The van der Waals surface area contributed by atoms with Gasteiger partial charge in [0, 0.05) is 17.8 Å². The van der Waals surface area contributed by atoms with Crippen molar-refractivity contribution in [1.82, 2.24) is 10.3 Å². The van der Waals surface area contributed by atoms with Crippen molar-refractivity contribution < 1.29 is 4.74 Å². The first-order valence-corrected chi connectivity index (χ1v) is 8.46. The average Bonchev–Trinajstić information content (AvgIpc) is 2.44. The SMILES string of the molecule is CCCNCc1c(C)cc(C)nc1OC1CCCCC1C. The van der Waals surface area contributed by atoms with E-state index in [1.54, 1.807) is 0 Å². The molecule has 1 aromatic heterocycles. The zero-order chi connectivity index (χ0) is 15.2. The Balaban J connectivity index is 2.15. The molecule has 1 aliphatic rings.